The maximum atomic E-state index is 13.9. The molecule has 0 fully saturated rings. The first-order valence-electron chi connectivity index (χ1n) is 38.7. The number of alkyl halides is 3. The molecule has 32 heteroatoms. The summed E-state index contributed by atoms with van der Waals surface area (Å²) in [6, 6.07) is 3.47. The molecule has 0 aliphatic rings. The van der Waals surface area contributed by atoms with Gasteiger partial charge in [0.05, 0.1) is 0 Å². The number of benzene rings is 2. The molecule has 0 aliphatic heterocycles. The third kappa shape index (κ3) is 52.1. The molecule has 19 nitrogen and oxygen atoms in total. The number of rotatable bonds is 46. The third-order valence-electron chi connectivity index (χ3n) is 15.8. The van der Waals surface area contributed by atoms with Crippen LogP contribution in [0.2, 0.25) is 0 Å². The molecule has 0 bridgehead atoms. The summed E-state index contributed by atoms with van der Waals surface area (Å²) < 4.78 is 195. The summed E-state index contributed by atoms with van der Waals surface area (Å²) in [6.45, 7) is 21.3. The van der Waals surface area contributed by atoms with E-state index in [4.69, 9.17) is 24.1 Å². The van der Waals surface area contributed by atoms with Crippen molar-refractivity contribution in [1.82, 2.24) is 15.6 Å². The van der Waals surface area contributed by atoms with E-state index in [1.165, 1.54) is 89.9 Å². The summed E-state index contributed by atoms with van der Waals surface area (Å²) in [7, 11) is 0. The van der Waals surface area contributed by atoms with Crippen molar-refractivity contribution < 1.29 is 134 Å². The highest BCUT2D eigenvalue weighted by molar-refractivity contribution is 5.86. The predicted molar refractivity (Wildman–Crippen MR) is 395 cm³/mol. The number of aromatic nitrogens is 1. The number of nitrogens with one attached hydrogen (secondary N) is 2. The zero-order chi connectivity index (χ0) is 86.1. The van der Waals surface area contributed by atoms with Gasteiger partial charge in [0, 0.05) is 50.9 Å². The van der Waals surface area contributed by atoms with Crippen LogP contribution in [0.15, 0.2) is 30.6 Å². The Labute approximate surface area is 655 Å². The molecular formula is C81H118F13N3O16. The highest BCUT2D eigenvalue weighted by Crippen LogP contribution is 2.33. The predicted octanol–water partition coefficient (Wildman–Crippen LogP) is 20.7. The molecule has 1 aromatic heterocycles. The van der Waals surface area contributed by atoms with Gasteiger partial charge in [-0.1, -0.05) is 160 Å². The molecule has 0 saturated carbocycles. The number of aliphatic carboxylic acids is 1. The van der Waals surface area contributed by atoms with Gasteiger partial charge < -0.3 is 44.2 Å². The lowest BCUT2D eigenvalue weighted by molar-refractivity contribution is -0.190. The van der Waals surface area contributed by atoms with Crippen molar-refractivity contribution in [1.29, 1.82) is 0 Å². The minimum absolute atomic E-state index is 0.0197. The van der Waals surface area contributed by atoms with Gasteiger partial charge in [-0.25, -0.2) is 40.7 Å². The molecule has 0 unspecified atom stereocenters. The minimum atomic E-state index is -5.65. The number of carboxylic acid groups (broad SMARTS) is 1. The third-order valence-corrected chi connectivity index (χ3v) is 15.8. The van der Waals surface area contributed by atoms with Crippen LogP contribution in [0, 0.1) is 58.2 Å². The minimum Gasteiger partial charge on any atom is -0.481 e. The molecule has 3 aromatic rings. The first-order valence-corrected chi connectivity index (χ1v) is 38.7. The number of esters is 6. The van der Waals surface area contributed by atoms with Crippen LogP contribution in [-0.2, 0) is 62.1 Å². The summed E-state index contributed by atoms with van der Waals surface area (Å²) in [5, 5.41) is 14.1. The number of carbonyl (C=O) groups excluding carboxylic acids is 8. The fourth-order valence-corrected chi connectivity index (χ4v) is 10.4. The number of halogens is 13. The number of pyridine rings is 1. The summed E-state index contributed by atoms with van der Waals surface area (Å²) in [5.41, 5.74) is -2.45. The number of hydrogen-bond donors (Lipinski definition) is 3. The topological polar surface area (TPSA) is 266 Å². The fourth-order valence-electron chi connectivity index (χ4n) is 10.4. The monoisotopic (exact) mass is 1640 g/mol. The second-order valence-corrected chi connectivity index (χ2v) is 31.0. The molecule has 644 valence electrons. The first-order chi connectivity index (χ1) is 52.6. The number of unbranched alkanes of at least 4 members (excludes halogenated alkanes) is 26. The van der Waals surface area contributed by atoms with Gasteiger partial charge in [0.25, 0.3) is 0 Å². The molecule has 3 rings (SSSR count). The second kappa shape index (κ2) is 55.4. The Morgan fingerprint density at radius 2 is 0.575 bits per heavy atom. The Bertz CT molecular complexity index is 3270. The van der Waals surface area contributed by atoms with E-state index in [0.29, 0.717) is 25.7 Å². The molecule has 1 heterocycles. The average Bonchev–Trinajstić information content (AvgIpc) is 0.800. The van der Waals surface area contributed by atoms with Crippen LogP contribution in [0.5, 0.6) is 11.5 Å². The van der Waals surface area contributed by atoms with Gasteiger partial charge in [0.2, 0.25) is 81.5 Å². The van der Waals surface area contributed by atoms with Crippen molar-refractivity contribution >= 4 is 53.6 Å². The van der Waals surface area contributed by atoms with Gasteiger partial charge in [-0.15, -0.1) is 0 Å². The Kier molecular flexibility index (Phi) is 51.5. The van der Waals surface area contributed by atoms with Crippen molar-refractivity contribution in [3.8, 4) is 11.5 Å². The lowest BCUT2D eigenvalue weighted by Crippen LogP contribution is -2.44. The number of amides is 2. The lowest BCUT2D eigenvalue weighted by atomic mass is 10.0. The molecule has 2 amide bonds. The maximum Gasteiger partial charge on any atom is 0.491 e. The van der Waals surface area contributed by atoms with E-state index in [0.717, 1.165) is 83.5 Å². The van der Waals surface area contributed by atoms with E-state index in [9.17, 15) is 100 Å². The largest absolute Gasteiger partial charge is 0.491 e. The van der Waals surface area contributed by atoms with Crippen molar-refractivity contribution in [3.63, 3.8) is 0 Å². The highest BCUT2D eigenvalue weighted by Gasteiger charge is 2.43. The maximum absolute atomic E-state index is 13.9. The molecule has 113 heavy (non-hydrogen) atoms. The average molecular weight is 1640 g/mol. The van der Waals surface area contributed by atoms with E-state index >= 15 is 0 Å². The van der Waals surface area contributed by atoms with E-state index in [1.807, 2.05) is 59.7 Å². The highest BCUT2D eigenvalue weighted by atomic mass is 19.4. The van der Waals surface area contributed by atoms with Crippen LogP contribution in [0.4, 0.5) is 57.1 Å². The zero-order valence-corrected chi connectivity index (χ0v) is 67.4. The second-order valence-electron chi connectivity index (χ2n) is 31.0. The zero-order valence-electron chi connectivity index (χ0n) is 67.4. The number of nitrogens with zero attached hydrogens (tertiary/aromatic N) is 1. The van der Waals surface area contributed by atoms with E-state index in [1.54, 1.807) is 53.9 Å². The van der Waals surface area contributed by atoms with Gasteiger partial charge in [0.1, 0.15) is 34.5 Å². The Morgan fingerprint density at radius 3 is 0.814 bits per heavy atom. The number of carbonyl (C=O) groups is 9. The Balaban J connectivity index is 0.00000174. The quantitative estimate of drug-likeness (QED) is 0.00902. The van der Waals surface area contributed by atoms with E-state index in [-0.39, 0.29) is 37.1 Å². The molecule has 0 aliphatic carbocycles. The molecule has 0 saturated heterocycles. The number of hydrogen-bond acceptors (Lipinski definition) is 16. The number of ether oxygens (including phenoxy) is 6. The smallest absolute Gasteiger partial charge is 0.481 e. The summed E-state index contributed by atoms with van der Waals surface area (Å²) in [4.78, 5) is 110. The van der Waals surface area contributed by atoms with Crippen LogP contribution in [0.25, 0.3) is 0 Å². The molecule has 3 N–H and O–H groups in total. The molecular weight excluding hydrogens is 1520 g/mol. The van der Waals surface area contributed by atoms with Crippen LogP contribution in [0.1, 0.15) is 314 Å². The normalized spacial score (nSPS) is 12.1. The Morgan fingerprint density at radius 1 is 0.327 bits per heavy atom. The fraction of sp³-hybridized carbons (Fsp3) is 0.679. The van der Waals surface area contributed by atoms with Crippen LogP contribution in [0.3, 0.4) is 0 Å². The lowest BCUT2D eigenvalue weighted by Gasteiger charge is -2.24. The molecule has 2 aromatic carbocycles. The molecule has 2 atom stereocenters. The van der Waals surface area contributed by atoms with Crippen molar-refractivity contribution in [3.05, 3.63) is 88.8 Å². The summed E-state index contributed by atoms with van der Waals surface area (Å²) in [5.74, 6) is -36.5. The van der Waals surface area contributed by atoms with Crippen LogP contribution in [-0.4, -0.2) is 104 Å². The van der Waals surface area contributed by atoms with Crippen molar-refractivity contribution in [2.45, 2.75) is 355 Å². The Hall–Kier alpha value is -8.09. The SMILES string of the molecule is CC(C)(C)OC(=O)CCCCCCCCCCCCCCCCC(=O)N[C@@H](CCC(=O)O)C(=O)OC(C)(C)C.CC(C)(C)OC(=O)CCCCCCCCCCCCCCCCC(=O)N[C@@H](CCC(=O)Oc1c(F)c(F)c(F)c(F)c1F)C(=O)OC(C)(C)C.O=C(Oc1c(F)c(F)c(F)c(F)c1F)C(F)(F)F.c1ccncc1. The van der Waals surface area contributed by atoms with E-state index in [2.05, 4.69) is 25.1 Å². The van der Waals surface area contributed by atoms with Gasteiger partial charge >= 0.3 is 48.0 Å². The summed E-state index contributed by atoms with van der Waals surface area (Å²) >= 11 is 0. The molecule has 0 spiro atoms. The van der Waals surface area contributed by atoms with Gasteiger partial charge in [-0.3, -0.25) is 33.8 Å². The van der Waals surface area contributed by atoms with E-state index < -0.39 is 159 Å². The van der Waals surface area contributed by atoms with Gasteiger partial charge in [-0.2, -0.15) is 30.7 Å². The first kappa shape index (κ1) is 105. The van der Waals surface area contributed by atoms with Gasteiger partial charge in [-0.05, 0) is 134 Å². The summed E-state index contributed by atoms with van der Waals surface area (Å²) in [6.07, 6.45) is 28.6. The standard InChI is InChI=1S/C37H56F5NO7.C31H57NO7.C8F8O2.C5H5N/c1-36(2,3)49-28(46)22-20-18-16-14-12-10-8-7-9-11-13-15-17-19-21-26(44)43-25(35(47)50-37(4,5)6)23-24-27(45)48-34-32(41)30(39)29(38)31(40)33(34)42;1-30(2,3)38-28(36)22-20-18-16-14-12-10-8-7-9-11-13-15-17-19-21-26(33)32-25(23-24-27(34)35)29(37)39-31(4,5)6;9-1-2(10)4(12)6(5(13)3(1)11)18-7(17)8(14,15)16;1-2-4-6-5-3-1/h25H,7-24H2,1-6H3,(H,43,44);25H,7-24H2,1-6H3,(H,32,33)(H,34,35);;1-5H/t2*25-;;/m00../s1. The van der Waals surface area contributed by atoms with Crippen LogP contribution < -0.4 is 20.1 Å². The molecule has 0 radical (unpaired) electrons. The van der Waals surface area contributed by atoms with Crippen LogP contribution >= 0.6 is 0 Å². The number of carboxylic acids is 1. The van der Waals surface area contributed by atoms with Crippen molar-refractivity contribution in [2.24, 2.45) is 0 Å². The van der Waals surface area contributed by atoms with Crippen molar-refractivity contribution in [2.75, 3.05) is 0 Å². The van der Waals surface area contributed by atoms with Gasteiger partial charge in [0.15, 0.2) is 0 Å².